The Morgan fingerprint density at radius 1 is 0.935 bits per heavy atom. The summed E-state index contributed by atoms with van der Waals surface area (Å²) in [5, 5.41) is 7.51. The maximum Gasteiger partial charge on any atom is 0.194 e. The highest BCUT2D eigenvalue weighted by molar-refractivity contribution is 5.64. The summed E-state index contributed by atoms with van der Waals surface area (Å²) >= 11 is 0. The molecular weight excluding hydrogens is 403 g/mol. The third kappa shape index (κ3) is 4.42. The molecule has 5 nitrogen and oxygen atoms in total. The normalized spacial score (nSPS) is 12.1. The minimum Gasteiger partial charge on any atom is -0.363 e. The lowest BCUT2D eigenvalue weighted by Crippen LogP contribution is -2.09. The molecule has 2 aromatic carbocycles. The molecule has 0 saturated heterocycles. The summed E-state index contributed by atoms with van der Waals surface area (Å²) in [7, 11) is 1.87. The third-order valence-corrected chi connectivity index (χ3v) is 4.91. The number of nitrogens with zero attached hydrogens (tertiary/aromatic N) is 4. The first-order valence-corrected chi connectivity index (χ1v) is 9.66. The number of anilines is 1. The molecule has 0 aliphatic carbocycles. The van der Waals surface area contributed by atoms with E-state index in [2.05, 4.69) is 26.4 Å². The molecule has 0 aliphatic rings. The van der Waals surface area contributed by atoms with Crippen LogP contribution in [0.1, 0.15) is 24.4 Å². The van der Waals surface area contributed by atoms with Crippen molar-refractivity contribution in [2.75, 3.05) is 5.32 Å². The number of hydrogen-bond donors (Lipinski definition) is 1. The molecule has 0 aliphatic heterocycles. The molecule has 1 atom stereocenters. The zero-order valence-corrected chi connectivity index (χ0v) is 17.2. The van der Waals surface area contributed by atoms with Crippen LogP contribution in [0.5, 0.6) is 0 Å². The second-order valence-corrected chi connectivity index (χ2v) is 7.33. The van der Waals surface area contributed by atoms with Gasteiger partial charge in [-0.2, -0.15) is 5.10 Å². The summed E-state index contributed by atoms with van der Waals surface area (Å²) in [4.78, 5) is 8.61. The van der Waals surface area contributed by atoms with Crippen molar-refractivity contribution >= 4 is 5.82 Å². The predicted molar refractivity (Wildman–Crippen MR) is 113 cm³/mol. The summed E-state index contributed by atoms with van der Waals surface area (Å²) in [6.07, 6.45) is 3.75. The molecule has 158 valence electrons. The van der Waals surface area contributed by atoms with E-state index >= 15 is 0 Å². The second kappa shape index (κ2) is 8.22. The molecule has 0 bridgehead atoms. The summed E-state index contributed by atoms with van der Waals surface area (Å²) in [6.45, 7) is 3.66. The van der Waals surface area contributed by atoms with Gasteiger partial charge in [0.25, 0.3) is 0 Å². The van der Waals surface area contributed by atoms with Crippen LogP contribution < -0.4 is 5.32 Å². The number of rotatable bonds is 5. The van der Waals surface area contributed by atoms with Gasteiger partial charge in [0.15, 0.2) is 17.5 Å². The molecule has 0 radical (unpaired) electrons. The van der Waals surface area contributed by atoms with Crippen LogP contribution in [0.4, 0.5) is 19.0 Å². The number of hydrogen-bond acceptors (Lipinski definition) is 4. The van der Waals surface area contributed by atoms with Gasteiger partial charge in [0, 0.05) is 36.5 Å². The lowest BCUT2D eigenvalue weighted by Gasteiger charge is -2.17. The van der Waals surface area contributed by atoms with Crippen LogP contribution in [0.3, 0.4) is 0 Å². The fourth-order valence-electron chi connectivity index (χ4n) is 3.36. The molecule has 2 heterocycles. The molecule has 0 fully saturated rings. The standard InChI is InChI=1S/C23H20F3N5/c1-13(15-5-4-6-16(7-15)18-11-27-31(3)12-18)28-22-10-21(29-14(2)30-22)17-8-19(24)23(26)20(25)9-17/h4-13H,1-3H3,(H,28,29,30). The lowest BCUT2D eigenvalue weighted by atomic mass is 10.0. The molecule has 2 aromatic heterocycles. The first-order chi connectivity index (χ1) is 14.8. The summed E-state index contributed by atoms with van der Waals surface area (Å²) in [5.41, 5.74) is 3.51. The van der Waals surface area contributed by atoms with E-state index in [4.69, 9.17) is 0 Å². The van der Waals surface area contributed by atoms with Crippen molar-refractivity contribution in [3.63, 3.8) is 0 Å². The highest BCUT2D eigenvalue weighted by Gasteiger charge is 2.15. The van der Waals surface area contributed by atoms with Crippen LogP contribution in [0.2, 0.25) is 0 Å². The second-order valence-electron chi connectivity index (χ2n) is 7.33. The van der Waals surface area contributed by atoms with Crippen LogP contribution in [0, 0.1) is 24.4 Å². The van der Waals surface area contributed by atoms with Crippen molar-refractivity contribution in [2.45, 2.75) is 19.9 Å². The Hall–Kier alpha value is -3.68. The fraction of sp³-hybridized carbons (Fsp3) is 0.174. The fourth-order valence-corrected chi connectivity index (χ4v) is 3.36. The quantitative estimate of drug-likeness (QED) is 0.434. The van der Waals surface area contributed by atoms with E-state index in [1.165, 1.54) is 0 Å². The van der Waals surface area contributed by atoms with E-state index < -0.39 is 17.5 Å². The highest BCUT2D eigenvalue weighted by atomic mass is 19.2. The van der Waals surface area contributed by atoms with Crippen molar-refractivity contribution < 1.29 is 13.2 Å². The molecule has 0 amide bonds. The Labute approximate surface area is 177 Å². The van der Waals surface area contributed by atoms with Crippen LogP contribution >= 0.6 is 0 Å². The minimum atomic E-state index is -1.50. The third-order valence-electron chi connectivity index (χ3n) is 4.91. The number of benzene rings is 2. The van der Waals surface area contributed by atoms with Crippen LogP contribution in [0.15, 0.2) is 54.9 Å². The predicted octanol–water partition coefficient (Wildman–Crippen LogP) is 5.44. The minimum absolute atomic E-state index is 0.111. The van der Waals surface area contributed by atoms with E-state index in [9.17, 15) is 13.2 Å². The largest absolute Gasteiger partial charge is 0.363 e. The molecular formula is C23H20F3N5. The van der Waals surface area contributed by atoms with E-state index in [0.29, 0.717) is 17.3 Å². The van der Waals surface area contributed by atoms with Crippen molar-refractivity contribution in [1.82, 2.24) is 19.7 Å². The van der Waals surface area contributed by atoms with Crippen molar-refractivity contribution in [3.8, 4) is 22.4 Å². The summed E-state index contributed by atoms with van der Waals surface area (Å²) in [6, 6.07) is 11.4. The molecule has 1 unspecified atom stereocenters. The van der Waals surface area contributed by atoms with Gasteiger partial charge >= 0.3 is 0 Å². The zero-order valence-electron chi connectivity index (χ0n) is 17.2. The first kappa shape index (κ1) is 20.6. The van der Waals surface area contributed by atoms with Gasteiger partial charge in [-0.05, 0) is 43.2 Å². The monoisotopic (exact) mass is 423 g/mol. The van der Waals surface area contributed by atoms with Crippen LogP contribution in [-0.2, 0) is 7.05 Å². The highest BCUT2D eigenvalue weighted by Crippen LogP contribution is 2.27. The Balaban J connectivity index is 1.61. The van der Waals surface area contributed by atoms with Gasteiger partial charge < -0.3 is 5.32 Å². The number of nitrogens with one attached hydrogen (secondary N) is 1. The average Bonchev–Trinajstić information content (AvgIpc) is 3.17. The van der Waals surface area contributed by atoms with Crippen LogP contribution in [-0.4, -0.2) is 19.7 Å². The van der Waals surface area contributed by atoms with Gasteiger partial charge in [0.1, 0.15) is 11.6 Å². The van der Waals surface area contributed by atoms with Crippen molar-refractivity contribution in [3.05, 3.63) is 83.7 Å². The maximum atomic E-state index is 13.7. The SMILES string of the molecule is Cc1nc(NC(C)c2cccc(-c3cnn(C)c3)c2)cc(-c2cc(F)c(F)c(F)c2)n1. The Bertz CT molecular complexity index is 1230. The van der Waals surface area contributed by atoms with Crippen molar-refractivity contribution in [1.29, 1.82) is 0 Å². The van der Waals surface area contributed by atoms with E-state index in [1.54, 1.807) is 23.9 Å². The summed E-state index contributed by atoms with van der Waals surface area (Å²) in [5.74, 6) is -3.12. The molecule has 31 heavy (non-hydrogen) atoms. The molecule has 4 rings (SSSR count). The molecule has 0 spiro atoms. The average molecular weight is 423 g/mol. The molecule has 4 aromatic rings. The lowest BCUT2D eigenvalue weighted by molar-refractivity contribution is 0.447. The van der Waals surface area contributed by atoms with Gasteiger partial charge in [-0.25, -0.2) is 23.1 Å². The Kier molecular flexibility index (Phi) is 5.46. The zero-order chi connectivity index (χ0) is 22.1. The van der Waals surface area contributed by atoms with Gasteiger partial charge in [0.2, 0.25) is 0 Å². The molecule has 1 N–H and O–H groups in total. The maximum absolute atomic E-state index is 13.7. The topological polar surface area (TPSA) is 55.6 Å². The molecule has 8 heteroatoms. The number of aryl methyl sites for hydroxylation is 2. The van der Waals surface area contributed by atoms with E-state index in [0.717, 1.165) is 28.8 Å². The smallest absolute Gasteiger partial charge is 0.194 e. The molecule has 0 saturated carbocycles. The van der Waals surface area contributed by atoms with Crippen LogP contribution in [0.25, 0.3) is 22.4 Å². The van der Waals surface area contributed by atoms with Gasteiger partial charge in [0.05, 0.1) is 11.9 Å². The van der Waals surface area contributed by atoms with E-state index in [1.807, 2.05) is 38.4 Å². The Morgan fingerprint density at radius 3 is 2.35 bits per heavy atom. The van der Waals surface area contributed by atoms with Crippen molar-refractivity contribution in [2.24, 2.45) is 7.05 Å². The van der Waals surface area contributed by atoms with Gasteiger partial charge in [-0.3, -0.25) is 4.68 Å². The van der Waals surface area contributed by atoms with E-state index in [-0.39, 0.29) is 11.6 Å². The van der Waals surface area contributed by atoms with Gasteiger partial charge in [-0.15, -0.1) is 0 Å². The summed E-state index contributed by atoms with van der Waals surface area (Å²) < 4.78 is 42.4. The first-order valence-electron chi connectivity index (χ1n) is 9.66. The number of aromatic nitrogens is 4. The Morgan fingerprint density at radius 2 is 1.68 bits per heavy atom. The van der Waals surface area contributed by atoms with Gasteiger partial charge in [-0.1, -0.05) is 18.2 Å². The number of halogens is 3.